The van der Waals surface area contributed by atoms with Gasteiger partial charge in [-0.2, -0.15) is 0 Å². The summed E-state index contributed by atoms with van der Waals surface area (Å²) in [5.41, 5.74) is 6.86. The van der Waals surface area contributed by atoms with Crippen LogP contribution >= 0.6 is 0 Å². The van der Waals surface area contributed by atoms with Gasteiger partial charge in [-0.1, -0.05) is 31.5 Å². The van der Waals surface area contributed by atoms with Crippen molar-refractivity contribution in [3.63, 3.8) is 0 Å². The SMILES string of the molecule is CCCCc1cccc(OC)c1O.Nc1cccc(O)c1. The number of aromatic hydroxyl groups is 2. The molecular formula is C17H23NO3. The van der Waals surface area contributed by atoms with Crippen molar-refractivity contribution >= 4 is 5.69 Å². The largest absolute Gasteiger partial charge is 0.508 e. The van der Waals surface area contributed by atoms with E-state index in [2.05, 4.69) is 6.92 Å². The number of hydrogen-bond donors (Lipinski definition) is 3. The molecule has 2 aromatic rings. The zero-order chi connectivity index (χ0) is 15.7. The lowest BCUT2D eigenvalue weighted by atomic mass is 10.1. The van der Waals surface area contributed by atoms with E-state index >= 15 is 0 Å². The molecule has 4 heteroatoms. The molecule has 0 amide bonds. The van der Waals surface area contributed by atoms with E-state index in [9.17, 15) is 5.11 Å². The predicted octanol–water partition coefficient (Wildman–Crippen LogP) is 3.72. The van der Waals surface area contributed by atoms with Crippen molar-refractivity contribution in [2.45, 2.75) is 26.2 Å². The first kappa shape index (κ1) is 16.7. The molecule has 0 heterocycles. The molecule has 2 aromatic carbocycles. The van der Waals surface area contributed by atoms with Crippen molar-refractivity contribution in [1.29, 1.82) is 0 Å². The van der Waals surface area contributed by atoms with E-state index in [1.807, 2.05) is 12.1 Å². The molecule has 0 radical (unpaired) electrons. The Balaban J connectivity index is 0.000000235. The first-order chi connectivity index (χ1) is 10.1. The van der Waals surface area contributed by atoms with Crippen LogP contribution in [0.25, 0.3) is 0 Å². The molecular weight excluding hydrogens is 266 g/mol. The Kier molecular flexibility index (Phi) is 6.95. The number of para-hydroxylation sites is 1. The van der Waals surface area contributed by atoms with Gasteiger partial charge in [-0.3, -0.25) is 0 Å². The van der Waals surface area contributed by atoms with Crippen LogP contribution in [-0.2, 0) is 6.42 Å². The molecule has 0 aliphatic rings. The second-order valence-electron chi connectivity index (χ2n) is 4.67. The molecule has 4 N–H and O–H groups in total. The number of ether oxygens (including phenoxy) is 1. The Hall–Kier alpha value is -2.36. The van der Waals surface area contributed by atoms with Crippen LogP contribution in [0.1, 0.15) is 25.3 Å². The molecule has 0 unspecified atom stereocenters. The first-order valence-corrected chi connectivity index (χ1v) is 6.97. The Morgan fingerprint density at radius 3 is 2.33 bits per heavy atom. The Morgan fingerprint density at radius 1 is 1.10 bits per heavy atom. The number of nitrogen functional groups attached to an aromatic ring is 1. The third kappa shape index (κ3) is 5.65. The third-order valence-corrected chi connectivity index (χ3v) is 2.97. The molecule has 0 spiro atoms. The van der Waals surface area contributed by atoms with Crippen molar-refractivity contribution < 1.29 is 14.9 Å². The van der Waals surface area contributed by atoms with Crippen LogP contribution in [0.3, 0.4) is 0 Å². The van der Waals surface area contributed by atoms with E-state index in [1.54, 1.807) is 31.4 Å². The van der Waals surface area contributed by atoms with Crippen molar-refractivity contribution in [1.82, 2.24) is 0 Å². The average molecular weight is 289 g/mol. The highest BCUT2D eigenvalue weighted by molar-refractivity contribution is 5.45. The molecule has 0 saturated heterocycles. The summed E-state index contributed by atoms with van der Waals surface area (Å²) in [7, 11) is 1.57. The van der Waals surface area contributed by atoms with E-state index in [0.29, 0.717) is 17.2 Å². The van der Waals surface area contributed by atoms with E-state index in [-0.39, 0.29) is 5.75 Å². The number of phenolic OH excluding ortho intramolecular Hbond substituents is 2. The highest BCUT2D eigenvalue weighted by Gasteiger charge is 2.05. The molecule has 0 aliphatic heterocycles. The quantitative estimate of drug-likeness (QED) is 0.750. The van der Waals surface area contributed by atoms with Gasteiger partial charge >= 0.3 is 0 Å². The minimum atomic E-state index is 0.213. The fourth-order valence-electron chi connectivity index (χ4n) is 1.83. The van der Waals surface area contributed by atoms with Gasteiger partial charge in [0.1, 0.15) is 5.75 Å². The summed E-state index contributed by atoms with van der Waals surface area (Å²) >= 11 is 0. The van der Waals surface area contributed by atoms with Gasteiger partial charge in [-0.15, -0.1) is 0 Å². The van der Waals surface area contributed by atoms with E-state index < -0.39 is 0 Å². The van der Waals surface area contributed by atoms with Gasteiger partial charge in [-0.05, 0) is 36.6 Å². The smallest absolute Gasteiger partial charge is 0.160 e. The van der Waals surface area contributed by atoms with Gasteiger partial charge < -0.3 is 20.7 Å². The summed E-state index contributed by atoms with van der Waals surface area (Å²) in [6, 6.07) is 12.1. The van der Waals surface area contributed by atoms with Gasteiger partial charge in [0.2, 0.25) is 0 Å². The maximum atomic E-state index is 9.69. The maximum Gasteiger partial charge on any atom is 0.160 e. The Labute approximate surface area is 125 Å². The van der Waals surface area contributed by atoms with Gasteiger partial charge in [0.25, 0.3) is 0 Å². The van der Waals surface area contributed by atoms with Gasteiger partial charge in [0, 0.05) is 11.8 Å². The minimum Gasteiger partial charge on any atom is -0.508 e. The van der Waals surface area contributed by atoms with E-state index in [0.717, 1.165) is 24.8 Å². The molecule has 0 aliphatic carbocycles. The number of hydrogen-bond acceptors (Lipinski definition) is 4. The fourth-order valence-corrected chi connectivity index (χ4v) is 1.83. The summed E-state index contributed by atoms with van der Waals surface area (Å²) in [4.78, 5) is 0. The van der Waals surface area contributed by atoms with Crippen molar-refractivity contribution in [2.24, 2.45) is 0 Å². The zero-order valence-corrected chi connectivity index (χ0v) is 12.5. The van der Waals surface area contributed by atoms with Crippen LogP contribution in [0.4, 0.5) is 5.69 Å². The number of nitrogens with two attached hydrogens (primary N) is 1. The Bertz CT molecular complexity index is 538. The lowest BCUT2D eigenvalue weighted by molar-refractivity contribution is 0.370. The molecule has 4 nitrogen and oxygen atoms in total. The van der Waals surface area contributed by atoms with Crippen LogP contribution < -0.4 is 10.5 Å². The number of phenols is 2. The Morgan fingerprint density at radius 2 is 1.81 bits per heavy atom. The number of methoxy groups -OCH3 is 1. The molecule has 21 heavy (non-hydrogen) atoms. The van der Waals surface area contributed by atoms with Crippen molar-refractivity contribution in [3.8, 4) is 17.2 Å². The standard InChI is InChI=1S/C11H16O2.C6H7NO/c1-3-4-6-9-7-5-8-10(13-2)11(9)12;7-5-2-1-3-6(8)4-5/h5,7-8,12H,3-4,6H2,1-2H3;1-4,8H,7H2. The molecule has 2 rings (SSSR count). The minimum absolute atomic E-state index is 0.213. The van der Waals surface area contributed by atoms with Gasteiger partial charge in [0.05, 0.1) is 7.11 Å². The summed E-state index contributed by atoms with van der Waals surface area (Å²) < 4.78 is 5.02. The van der Waals surface area contributed by atoms with E-state index in [1.165, 1.54) is 6.07 Å². The lowest BCUT2D eigenvalue weighted by Gasteiger charge is -2.07. The number of unbranched alkanes of at least 4 members (excludes halogenated alkanes) is 1. The lowest BCUT2D eigenvalue weighted by Crippen LogP contribution is -1.89. The third-order valence-electron chi connectivity index (χ3n) is 2.97. The molecule has 0 fully saturated rings. The first-order valence-electron chi connectivity index (χ1n) is 6.97. The number of anilines is 1. The van der Waals surface area contributed by atoms with Crippen LogP contribution in [0.5, 0.6) is 17.2 Å². The molecule has 0 aromatic heterocycles. The summed E-state index contributed by atoms with van der Waals surface area (Å²) in [5, 5.41) is 18.4. The molecule has 0 saturated carbocycles. The highest BCUT2D eigenvalue weighted by Crippen LogP contribution is 2.30. The predicted molar refractivity (Wildman–Crippen MR) is 85.8 cm³/mol. The van der Waals surface area contributed by atoms with Crippen molar-refractivity contribution in [3.05, 3.63) is 48.0 Å². The molecule has 0 atom stereocenters. The normalized spacial score (nSPS) is 9.62. The summed E-state index contributed by atoms with van der Waals surface area (Å²) in [6.07, 6.45) is 3.15. The van der Waals surface area contributed by atoms with Gasteiger partial charge in [0.15, 0.2) is 11.5 Å². The monoisotopic (exact) mass is 289 g/mol. The maximum absolute atomic E-state index is 9.69. The van der Waals surface area contributed by atoms with Crippen LogP contribution in [0.15, 0.2) is 42.5 Å². The number of benzene rings is 2. The number of aryl methyl sites for hydroxylation is 1. The van der Waals surface area contributed by atoms with Crippen LogP contribution in [0.2, 0.25) is 0 Å². The van der Waals surface area contributed by atoms with E-state index in [4.69, 9.17) is 15.6 Å². The van der Waals surface area contributed by atoms with Crippen LogP contribution in [0, 0.1) is 0 Å². The van der Waals surface area contributed by atoms with Crippen LogP contribution in [-0.4, -0.2) is 17.3 Å². The number of rotatable bonds is 4. The summed E-state index contributed by atoms with van der Waals surface area (Å²) in [5.74, 6) is 1.07. The zero-order valence-electron chi connectivity index (χ0n) is 12.5. The van der Waals surface area contributed by atoms with Gasteiger partial charge in [-0.25, -0.2) is 0 Å². The van der Waals surface area contributed by atoms with Crippen molar-refractivity contribution in [2.75, 3.05) is 12.8 Å². The molecule has 114 valence electrons. The topological polar surface area (TPSA) is 75.7 Å². The highest BCUT2D eigenvalue weighted by atomic mass is 16.5. The summed E-state index contributed by atoms with van der Waals surface area (Å²) in [6.45, 7) is 2.14. The average Bonchev–Trinajstić information content (AvgIpc) is 2.46. The second-order valence-corrected chi connectivity index (χ2v) is 4.67. The fraction of sp³-hybridized carbons (Fsp3) is 0.294. The molecule has 0 bridgehead atoms. The second kappa shape index (κ2) is 8.74.